The fourth-order valence-corrected chi connectivity index (χ4v) is 2.15. The van der Waals surface area contributed by atoms with Crippen LogP contribution in [0.15, 0.2) is 18.2 Å². The molecule has 0 bridgehead atoms. The Morgan fingerprint density at radius 1 is 1.50 bits per heavy atom. The van der Waals surface area contributed by atoms with Crippen molar-refractivity contribution >= 4 is 11.6 Å². The van der Waals surface area contributed by atoms with Crippen molar-refractivity contribution in [2.75, 3.05) is 12.5 Å². The molecule has 1 aliphatic heterocycles. The van der Waals surface area contributed by atoms with E-state index in [0.717, 1.165) is 24.2 Å². The van der Waals surface area contributed by atoms with Crippen LogP contribution in [-0.2, 0) is 12.8 Å². The molecule has 0 spiro atoms. The molecule has 0 amide bonds. The van der Waals surface area contributed by atoms with E-state index in [0.29, 0.717) is 12.3 Å². The summed E-state index contributed by atoms with van der Waals surface area (Å²) in [5.41, 5.74) is 0.946. The standard InChI is InChI=1S/C13H16ClFO/c1-13(15)8-11-7-10(3-2-6-14)4-5-12(11)16-9-13/h4-5,7H,2-3,6,8-9H2,1H3. The van der Waals surface area contributed by atoms with Crippen molar-refractivity contribution < 1.29 is 9.13 Å². The van der Waals surface area contributed by atoms with Crippen LogP contribution in [0.5, 0.6) is 5.75 Å². The highest BCUT2D eigenvalue weighted by atomic mass is 35.5. The van der Waals surface area contributed by atoms with Gasteiger partial charge in [0.2, 0.25) is 0 Å². The predicted molar refractivity (Wildman–Crippen MR) is 64.2 cm³/mol. The first kappa shape index (κ1) is 11.7. The van der Waals surface area contributed by atoms with Crippen LogP contribution in [0.3, 0.4) is 0 Å². The summed E-state index contributed by atoms with van der Waals surface area (Å²) in [7, 11) is 0. The maximum Gasteiger partial charge on any atom is 0.146 e. The Balaban J connectivity index is 2.17. The quantitative estimate of drug-likeness (QED) is 0.737. The van der Waals surface area contributed by atoms with E-state index in [9.17, 15) is 4.39 Å². The van der Waals surface area contributed by atoms with Crippen molar-refractivity contribution in [3.05, 3.63) is 29.3 Å². The second kappa shape index (κ2) is 4.62. The molecule has 0 aromatic heterocycles. The van der Waals surface area contributed by atoms with Crippen LogP contribution in [0.25, 0.3) is 0 Å². The van der Waals surface area contributed by atoms with E-state index < -0.39 is 5.67 Å². The lowest BCUT2D eigenvalue weighted by atomic mass is 9.94. The number of benzene rings is 1. The largest absolute Gasteiger partial charge is 0.490 e. The summed E-state index contributed by atoms with van der Waals surface area (Å²) in [5.74, 6) is 1.48. The Labute approximate surface area is 101 Å². The zero-order valence-electron chi connectivity index (χ0n) is 9.43. The van der Waals surface area contributed by atoms with Crippen molar-refractivity contribution in [2.24, 2.45) is 0 Å². The highest BCUT2D eigenvalue weighted by Crippen LogP contribution is 2.32. The van der Waals surface area contributed by atoms with Crippen LogP contribution in [0.1, 0.15) is 24.5 Å². The smallest absolute Gasteiger partial charge is 0.146 e. The monoisotopic (exact) mass is 242 g/mol. The maximum absolute atomic E-state index is 13.8. The Kier molecular flexibility index (Phi) is 3.38. The molecule has 0 saturated carbocycles. The van der Waals surface area contributed by atoms with Gasteiger partial charge in [0.25, 0.3) is 0 Å². The first-order chi connectivity index (χ1) is 7.61. The zero-order valence-corrected chi connectivity index (χ0v) is 10.2. The van der Waals surface area contributed by atoms with Gasteiger partial charge in [0, 0.05) is 12.3 Å². The van der Waals surface area contributed by atoms with Gasteiger partial charge < -0.3 is 4.74 Å². The summed E-state index contributed by atoms with van der Waals surface area (Å²) in [4.78, 5) is 0. The fourth-order valence-electron chi connectivity index (χ4n) is 2.01. The molecule has 16 heavy (non-hydrogen) atoms. The van der Waals surface area contributed by atoms with Crippen molar-refractivity contribution in [3.8, 4) is 5.75 Å². The first-order valence-electron chi connectivity index (χ1n) is 5.60. The third kappa shape index (κ3) is 2.67. The van der Waals surface area contributed by atoms with Gasteiger partial charge >= 0.3 is 0 Å². The lowest BCUT2D eigenvalue weighted by Gasteiger charge is -2.28. The van der Waals surface area contributed by atoms with E-state index in [1.165, 1.54) is 5.56 Å². The average Bonchev–Trinajstić information content (AvgIpc) is 2.24. The fraction of sp³-hybridized carbons (Fsp3) is 0.538. The highest BCUT2D eigenvalue weighted by molar-refractivity contribution is 6.17. The second-order valence-electron chi connectivity index (χ2n) is 4.61. The topological polar surface area (TPSA) is 9.23 Å². The molecule has 0 aliphatic carbocycles. The van der Waals surface area contributed by atoms with E-state index in [-0.39, 0.29) is 6.61 Å². The van der Waals surface area contributed by atoms with E-state index in [2.05, 4.69) is 0 Å². The summed E-state index contributed by atoms with van der Waals surface area (Å²) in [6, 6.07) is 6.01. The minimum absolute atomic E-state index is 0.154. The van der Waals surface area contributed by atoms with Crippen molar-refractivity contribution in [1.29, 1.82) is 0 Å². The normalized spacial score (nSPS) is 23.7. The van der Waals surface area contributed by atoms with Gasteiger partial charge in [-0.2, -0.15) is 0 Å². The Morgan fingerprint density at radius 2 is 2.31 bits per heavy atom. The molecular formula is C13H16ClFO. The van der Waals surface area contributed by atoms with Gasteiger partial charge in [0.15, 0.2) is 0 Å². The van der Waals surface area contributed by atoms with Gasteiger partial charge in [0.05, 0.1) is 0 Å². The van der Waals surface area contributed by atoms with E-state index in [1.54, 1.807) is 6.92 Å². The number of hydrogen-bond acceptors (Lipinski definition) is 1. The number of hydrogen-bond donors (Lipinski definition) is 0. The SMILES string of the molecule is CC1(F)COc2ccc(CCCCl)cc2C1. The third-order valence-electron chi connectivity index (χ3n) is 2.81. The molecule has 1 aromatic carbocycles. The number of aryl methyl sites for hydroxylation is 1. The van der Waals surface area contributed by atoms with Crippen LogP contribution in [-0.4, -0.2) is 18.2 Å². The molecule has 1 aliphatic rings. The molecule has 2 rings (SSSR count). The molecule has 0 N–H and O–H groups in total. The molecule has 3 heteroatoms. The molecule has 1 atom stereocenters. The lowest BCUT2D eigenvalue weighted by molar-refractivity contribution is 0.0844. The van der Waals surface area contributed by atoms with Crippen LogP contribution >= 0.6 is 11.6 Å². The number of ether oxygens (including phenoxy) is 1. The number of rotatable bonds is 3. The van der Waals surface area contributed by atoms with Gasteiger partial charge in [-0.1, -0.05) is 12.1 Å². The number of fused-ring (bicyclic) bond motifs is 1. The first-order valence-corrected chi connectivity index (χ1v) is 6.14. The van der Waals surface area contributed by atoms with Gasteiger partial charge in [-0.15, -0.1) is 11.6 Å². The minimum Gasteiger partial charge on any atom is -0.490 e. The molecule has 0 radical (unpaired) electrons. The van der Waals surface area contributed by atoms with E-state index >= 15 is 0 Å². The molecule has 0 saturated heterocycles. The summed E-state index contributed by atoms with van der Waals surface area (Å²) in [6.07, 6.45) is 2.34. The highest BCUT2D eigenvalue weighted by Gasteiger charge is 2.30. The number of halogens is 2. The average molecular weight is 243 g/mol. The summed E-state index contributed by atoms with van der Waals surface area (Å²) in [6.45, 7) is 1.74. The van der Waals surface area contributed by atoms with Crippen LogP contribution in [0.2, 0.25) is 0 Å². The third-order valence-corrected chi connectivity index (χ3v) is 3.08. The molecule has 0 fully saturated rings. The summed E-state index contributed by atoms with van der Waals surface area (Å²) < 4.78 is 19.2. The molecule has 1 unspecified atom stereocenters. The summed E-state index contributed by atoms with van der Waals surface area (Å²) >= 11 is 5.66. The van der Waals surface area contributed by atoms with Crippen LogP contribution < -0.4 is 4.74 Å². The lowest BCUT2D eigenvalue weighted by Crippen LogP contribution is -2.34. The van der Waals surface area contributed by atoms with Gasteiger partial charge in [-0.3, -0.25) is 0 Å². The summed E-state index contributed by atoms with van der Waals surface area (Å²) in [5, 5.41) is 0. The maximum atomic E-state index is 13.8. The molecule has 88 valence electrons. The number of alkyl halides is 2. The minimum atomic E-state index is -1.24. The predicted octanol–water partition coefficient (Wildman–Crippen LogP) is 3.52. The molecular weight excluding hydrogens is 227 g/mol. The Bertz CT molecular complexity index is 376. The van der Waals surface area contributed by atoms with Crippen molar-refractivity contribution in [1.82, 2.24) is 0 Å². The van der Waals surface area contributed by atoms with Gasteiger partial charge in [-0.25, -0.2) is 4.39 Å². The molecule has 1 nitrogen and oxygen atoms in total. The zero-order chi connectivity index (χ0) is 11.6. The Morgan fingerprint density at radius 3 is 3.06 bits per heavy atom. The Hall–Kier alpha value is -0.760. The van der Waals surface area contributed by atoms with Crippen molar-refractivity contribution in [3.63, 3.8) is 0 Å². The van der Waals surface area contributed by atoms with E-state index in [1.807, 2.05) is 18.2 Å². The molecule has 1 aromatic rings. The molecule has 1 heterocycles. The van der Waals surface area contributed by atoms with Crippen LogP contribution in [0.4, 0.5) is 4.39 Å². The van der Waals surface area contributed by atoms with Gasteiger partial charge in [0.1, 0.15) is 18.0 Å². The van der Waals surface area contributed by atoms with Crippen LogP contribution in [0, 0.1) is 0 Å². The van der Waals surface area contributed by atoms with Crippen molar-refractivity contribution in [2.45, 2.75) is 31.9 Å². The second-order valence-corrected chi connectivity index (χ2v) is 4.99. The van der Waals surface area contributed by atoms with Gasteiger partial charge in [-0.05, 0) is 37.0 Å². The van der Waals surface area contributed by atoms with E-state index in [4.69, 9.17) is 16.3 Å².